The summed E-state index contributed by atoms with van der Waals surface area (Å²) in [5, 5.41) is 5.96. The first-order valence-corrected chi connectivity index (χ1v) is 13.1. The SMILES string of the molecule is O=C(CN1C(=O)N[C@@]2(CCCc3sccc32)C1=O)N1CCC[C@@H](c2nc3ccccc3s2)C1. The number of thiophene rings is 1. The number of hydrogen-bond acceptors (Lipinski definition) is 6. The topological polar surface area (TPSA) is 82.6 Å². The van der Waals surface area contributed by atoms with E-state index in [-0.39, 0.29) is 24.3 Å². The molecule has 6 rings (SSSR count). The number of carbonyl (C=O) groups excluding carboxylic acids is 3. The van der Waals surface area contributed by atoms with Crippen LogP contribution in [0.5, 0.6) is 0 Å². The van der Waals surface area contributed by atoms with Crippen LogP contribution in [0, 0.1) is 0 Å². The van der Waals surface area contributed by atoms with Gasteiger partial charge in [0.05, 0.1) is 15.2 Å². The Hall–Kier alpha value is -2.78. The number of aryl methyl sites for hydroxylation is 1. The lowest BCUT2D eigenvalue weighted by molar-refractivity contribution is -0.140. The van der Waals surface area contributed by atoms with E-state index in [1.165, 1.54) is 0 Å². The number of rotatable bonds is 3. The van der Waals surface area contributed by atoms with Crippen LogP contribution in [0.1, 0.15) is 47.0 Å². The molecule has 0 radical (unpaired) electrons. The van der Waals surface area contributed by atoms with Gasteiger partial charge in [0.1, 0.15) is 12.1 Å². The van der Waals surface area contributed by atoms with Gasteiger partial charge >= 0.3 is 6.03 Å². The Morgan fingerprint density at radius 2 is 2.09 bits per heavy atom. The van der Waals surface area contributed by atoms with Crippen molar-refractivity contribution >= 4 is 50.7 Å². The molecule has 1 aliphatic carbocycles. The van der Waals surface area contributed by atoms with Gasteiger partial charge in [-0.25, -0.2) is 9.78 Å². The van der Waals surface area contributed by atoms with Crippen LogP contribution < -0.4 is 5.32 Å². The standard InChI is InChI=1S/C24H24N4O3S2/c29-20(27-11-4-5-15(13-27)21-25-17-6-1-2-7-19(17)33-21)14-28-22(30)24(26-23(28)31)10-3-8-18-16(24)9-12-32-18/h1-2,6-7,9,12,15H,3-5,8,10-11,13-14H2,(H,26,31)/t15-,24-/m1/s1. The molecule has 1 N–H and O–H groups in total. The van der Waals surface area contributed by atoms with Crippen LogP contribution >= 0.6 is 22.7 Å². The average molecular weight is 481 g/mol. The Morgan fingerprint density at radius 3 is 2.97 bits per heavy atom. The first kappa shape index (κ1) is 20.8. The van der Waals surface area contributed by atoms with Crippen molar-refractivity contribution in [1.29, 1.82) is 0 Å². The third kappa shape index (κ3) is 3.36. The van der Waals surface area contributed by atoms with Crippen molar-refractivity contribution in [1.82, 2.24) is 20.1 Å². The number of aromatic nitrogens is 1. The van der Waals surface area contributed by atoms with E-state index in [4.69, 9.17) is 4.98 Å². The van der Waals surface area contributed by atoms with Crippen LogP contribution in [-0.2, 0) is 21.5 Å². The fourth-order valence-corrected chi connectivity index (χ4v) is 7.48. The summed E-state index contributed by atoms with van der Waals surface area (Å²) in [6, 6.07) is 9.55. The third-order valence-electron chi connectivity index (χ3n) is 7.06. The summed E-state index contributed by atoms with van der Waals surface area (Å²) < 4.78 is 1.15. The van der Waals surface area contributed by atoms with Crippen molar-refractivity contribution in [2.24, 2.45) is 0 Å². The monoisotopic (exact) mass is 480 g/mol. The molecule has 170 valence electrons. The molecule has 3 aliphatic rings. The highest BCUT2D eigenvalue weighted by Crippen LogP contribution is 2.42. The van der Waals surface area contributed by atoms with Crippen LogP contribution in [0.2, 0.25) is 0 Å². The molecule has 2 atom stereocenters. The van der Waals surface area contributed by atoms with Crippen molar-refractivity contribution < 1.29 is 14.4 Å². The van der Waals surface area contributed by atoms with Crippen LogP contribution in [0.25, 0.3) is 10.2 Å². The predicted molar refractivity (Wildman–Crippen MR) is 127 cm³/mol. The van der Waals surface area contributed by atoms with E-state index >= 15 is 0 Å². The number of nitrogens with zero attached hydrogens (tertiary/aromatic N) is 3. The van der Waals surface area contributed by atoms with Crippen molar-refractivity contribution in [3.63, 3.8) is 0 Å². The van der Waals surface area contributed by atoms with Gasteiger partial charge in [0, 0.05) is 29.4 Å². The number of urea groups is 1. The summed E-state index contributed by atoms with van der Waals surface area (Å²) >= 11 is 3.31. The lowest BCUT2D eigenvalue weighted by Crippen LogP contribution is -2.48. The van der Waals surface area contributed by atoms with Gasteiger partial charge in [-0.2, -0.15) is 0 Å². The molecule has 4 heterocycles. The molecule has 2 fully saturated rings. The number of fused-ring (bicyclic) bond motifs is 3. The molecule has 2 aromatic heterocycles. The van der Waals surface area contributed by atoms with E-state index in [1.807, 2.05) is 29.6 Å². The second-order valence-corrected chi connectivity index (χ2v) is 11.1. The molecular weight excluding hydrogens is 456 g/mol. The minimum absolute atomic E-state index is 0.178. The van der Waals surface area contributed by atoms with E-state index in [0.29, 0.717) is 19.5 Å². The Kier molecular flexibility index (Phi) is 4.99. The highest BCUT2D eigenvalue weighted by molar-refractivity contribution is 7.18. The molecule has 2 saturated heterocycles. The van der Waals surface area contributed by atoms with Crippen LogP contribution in [-0.4, -0.2) is 52.3 Å². The Labute approximate surface area is 199 Å². The lowest BCUT2D eigenvalue weighted by Gasteiger charge is -2.33. The van der Waals surface area contributed by atoms with E-state index < -0.39 is 11.6 Å². The van der Waals surface area contributed by atoms with E-state index in [0.717, 1.165) is 56.2 Å². The quantitative estimate of drug-likeness (QED) is 0.578. The number of likely N-dealkylation sites (tertiary alicyclic amines) is 1. The smallest absolute Gasteiger partial charge is 0.325 e. The zero-order valence-electron chi connectivity index (χ0n) is 18.1. The number of nitrogens with one attached hydrogen (secondary N) is 1. The van der Waals surface area contributed by atoms with Crippen molar-refractivity contribution in [3.05, 3.63) is 51.2 Å². The number of imide groups is 1. The molecule has 2 aliphatic heterocycles. The number of hydrogen-bond donors (Lipinski definition) is 1. The Balaban J connectivity index is 1.18. The van der Waals surface area contributed by atoms with Gasteiger partial charge in [-0.15, -0.1) is 22.7 Å². The molecule has 7 nitrogen and oxygen atoms in total. The highest BCUT2D eigenvalue weighted by Gasteiger charge is 2.54. The summed E-state index contributed by atoms with van der Waals surface area (Å²) in [5.74, 6) is -0.288. The molecule has 1 spiro atoms. The molecule has 3 aromatic rings. The summed E-state index contributed by atoms with van der Waals surface area (Å²) in [6.07, 6.45) is 4.22. The molecule has 9 heteroatoms. The molecule has 4 amide bonds. The van der Waals surface area contributed by atoms with Gasteiger partial charge in [0.2, 0.25) is 5.91 Å². The zero-order valence-corrected chi connectivity index (χ0v) is 19.7. The fraction of sp³-hybridized carbons (Fsp3) is 0.417. The maximum Gasteiger partial charge on any atom is 0.325 e. The summed E-state index contributed by atoms with van der Waals surface area (Å²) in [5.41, 5.74) is 0.892. The van der Waals surface area contributed by atoms with E-state index in [9.17, 15) is 14.4 Å². The van der Waals surface area contributed by atoms with E-state index in [1.54, 1.807) is 27.6 Å². The van der Waals surface area contributed by atoms with Crippen LogP contribution in [0.15, 0.2) is 35.7 Å². The fourth-order valence-electron chi connectivity index (χ4n) is 5.39. The largest absolute Gasteiger partial charge is 0.340 e. The molecule has 0 saturated carbocycles. The van der Waals surface area contributed by atoms with Gasteiger partial charge in [-0.1, -0.05) is 12.1 Å². The van der Waals surface area contributed by atoms with Crippen LogP contribution in [0.3, 0.4) is 0 Å². The summed E-state index contributed by atoms with van der Waals surface area (Å²) in [6.45, 7) is 1.00. The van der Waals surface area contributed by atoms with Crippen molar-refractivity contribution in [2.75, 3.05) is 19.6 Å². The molecule has 0 unspecified atom stereocenters. The summed E-state index contributed by atoms with van der Waals surface area (Å²) in [7, 11) is 0. The molecule has 1 aromatic carbocycles. The average Bonchev–Trinajstić information content (AvgIpc) is 3.54. The van der Waals surface area contributed by atoms with Gasteiger partial charge in [0.25, 0.3) is 5.91 Å². The number of benzene rings is 1. The summed E-state index contributed by atoms with van der Waals surface area (Å²) in [4.78, 5) is 48.3. The van der Waals surface area contributed by atoms with Gasteiger partial charge in [-0.05, 0) is 55.7 Å². The zero-order chi connectivity index (χ0) is 22.6. The van der Waals surface area contributed by atoms with Crippen molar-refractivity contribution in [3.8, 4) is 0 Å². The molecular formula is C24H24N4O3S2. The molecule has 33 heavy (non-hydrogen) atoms. The number of thiazole rings is 1. The van der Waals surface area contributed by atoms with E-state index in [2.05, 4.69) is 11.4 Å². The lowest BCUT2D eigenvalue weighted by atomic mass is 9.80. The number of carbonyl (C=O) groups is 3. The predicted octanol–water partition coefficient (Wildman–Crippen LogP) is 3.85. The van der Waals surface area contributed by atoms with Gasteiger partial charge < -0.3 is 10.2 Å². The highest BCUT2D eigenvalue weighted by atomic mass is 32.1. The minimum Gasteiger partial charge on any atom is -0.340 e. The second-order valence-electron chi connectivity index (χ2n) is 9.04. The number of piperidine rings is 1. The Morgan fingerprint density at radius 1 is 1.21 bits per heavy atom. The normalized spacial score (nSPS) is 25.0. The second kappa shape index (κ2) is 7.92. The first-order chi connectivity index (χ1) is 16.0. The van der Waals surface area contributed by atoms with Gasteiger partial charge in [-0.3, -0.25) is 14.5 Å². The minimum atomic E-state index is -1.00. The maximum absolute atomic E-state index is 13.4. The number of para-hydroxylation sites is 1. The molecule has 0 bridgehead atoms. The first-order valence-electron chi connectivity index (χ1n) is 11.4. The third-order valence-corrected chi connectivity index (χ3v) is 9.24. The van der Waals surface area contributed by atoms with Crippen molar-refractivity contribution in [2.45, 2.75) is 43.6 Å². The van der Waals surface area contributed by atoms with Crippen LogP contribution in [0.4, 0.5) is 4.79 Å². The maximum atomic E-state index is 13.4. The van der Waals surface area contributed by atoms with Gasteiger partial charge in [0.15, 0.2) is 0 Å². The Bertz CT molecular complexity index is 1230. The number of amides is 4.